The van der Waals surface area contributed by atoms with E-state index in [1.165, 1.54) is 0 Å². The second-order valence-electron chi connectivity index (χ2n) is 3.18. The molecule has 88 valence electrons. The minimum absolute atomic E-state index is 0.0185. The standard InChI is InChI=1S/C6H10O2.C2H2F3NO/c7-6(8)5-3-1-2-4-5;3-2(4,5)1(6)7/h5H,1-4H2,(H,7,8);(H2,6,7). The zero-order valence-corrected chi connectivity index (χ0v) is 7.88. The molecule has 0 radical (unpaired) electrons. The minimum Gasteiger partial charge on any atom is -0.481 e. The number of rotatable bonds is 1. The Morgan fingerprint density at radius 2 is 1.53 bits per heavy atom. The molecule has 3 N–H and O–H groups in total. The number of primary amides is 1. The van der Waals surface area contributed by atoms with E-state index in [9.17, 15) is 18.0 Å². The summed E-state index contributed by atoms with van der Waals surface area (Å²) in [5.41, 5.74) is 3.81. The lowest BCUT2D eigenvalue weighted by molar-refractivity contribution is -0.169. The van der Waals surface area contributed by atoms with Gasteiger partial charge in [0.2, 0.25) is 0 Å². The molecule has 0 aliphatic heterocycles. The predicted octanol–water partition coefficient (Wildman–Crippen LogP) is 1.30. The Balaban J connectivity index is 0.000000265. The molecule has 0 saturated heterocycles. The van der Waals surface area contributed by atoms with Crippen LogP contribution >= 0.6 is 0 Å². The third-order valence-electron chi connectivity index (χ3n) is 1.98. The summed E-state index contributed by atoms with van der Waals surface area (Å²) in [5, 5.41) is 8.41. The zero-order valence-electron chi connectivity index (χ0n) is 7.88. The van der Waals surface area contributed by atoms with Gasteiger partial charge in [0.15, 0.2) is 0 Å². The highest BCUT2D eigenvalue weighted by atomic mass is 19.4. The summed E-state index contributed by atoms with van der Waals surface area (Å²) in [6.45, 7) is 0. The van der Waals surface area contributed by atoms with Gasteiger partial charge in [-0.2, -0.15) is 13.2 Å². The molecular formula is C8H12F3NO3. The first-order valence-electron chi connectivity index (χ1n) is 4.34. The van der Waals surface area contributed by atoms with Crippen LogP contribution < -0.4 is 5.73 Å². The lowest BCUT2D eigenvalue weighted by Gasteiger charge is -1.97. The van der Waals surface area contributed by atoms with Crippen molar-refractivity contribution in [2.24, 2.45) is 11.7 Å². The molecule has 1 fully saturated rings. The topological polar surface area (TPSA) is 80.4 Å². The van der Waals surface area contributed by atoms with Crippen LogP contribution in [0, 0.1) is 5.92 Å². The third kappa shape index (κ3) is 5.92. The molecule has 15 heavy (non-hydrogen) atoms. The van der Waals surface area contributed by atoms with Gasteiger partial charge in [-0.15, -0.1) is 0 Å². The summed E-state index contributed by atoms with van der Waals surface area (Å²) < 4.78 is 32.1. The quantitative estimate of drug-likeness (QED) is 0.708. The van der Waals surface area contributed by atoms with E-state index in [1.54, 1.807) is 0 Å². The molecule has 0 unspecified atom stereocenters. The van der Waals surface area contributed by atoms with Crippen molar-refractivity contribution >= 4 is 11.9 Å². The van der Waals surface area contributed by atoms with Gasteiger partial charge in [-0.05, 0) is 12.8 Å². The monoisotopic (exact) mass is 227 g/mol. The number of alkyl halides is 3. The SMILES string of the molecule is NC(=O)C(F)(F)F.O=C(O)C1CCCC1. The first-order chi connectivity index (χ1) is 6.75. The van der Waals surface area contributed by atoms with Crippen molar-refractivity contribution in [2.75, 3.05) is 0 Å². The molecule has 0 bridgehead atoms. The molecule has 1 rings (SSSR count). The Labute approximate surface area is 84.2 Å². The van der Waals surface area contributed by atoms with E-state index in [4.69, 9.17) is 9.90 Å². The van der Waals surface area contributed by atoms with Gasteiger partial charge < -0.3 is 10.8 Å². The highest BCUT2D eigenvalue weighted by Crippen LogP contribution is 2.24. The molecule has 1 aliphatic carbocycles. The Morgan fingerprint density at radius 3 is 1.67 bits per heavy atom. The molecule has 1 amide bonds. The van der Waals surface area contributed by atoms with E-state index in [0.717, 1.165) is 25.7 Å². The minimum atomic E-state index is -4.86. The number of halogens is 3. The Hall–Kier alpha value is -1.27. The summed E-state index contributed by atoms with van der Waals surface area (Å²) in [5.74, 6) is -2.88. The van der Waals surface area contributed by atoms with Crippen molar-refractivity contribution in [3.8, 4) is 0 Å². The van der Waals surface area contributed by atoms with Crippen LogP contribution in [0.2, 0.25) is 0 Å². The number of carboxylic acid groups (broad SMARTS) is 1. The molecule has 1 aliphatic rings. The van der Waals surface area contributed by atoms with Crippen molar-refractivity contribution in [1.29, 1.82) is 0 Å². The number of nitrogens with two attached hydrogens (primary N) is 1. The molecular weight excluding hydrogens is 215 g/mol. The Kier molecular flexibility index (Phi) is 5.10. The average Bonchev–Trinajstić information content (AvgIpc) is 2.54. The second kappa shape index (κ2) is 5.57. The number of carbonyl (C=O) groups excluding carboxylic acids is 1. The smallest absolute Gasteiger partial charge is 0.470 e. The number of hydrogen-bond donors (Lipinski definition) is 2. The summed E-state index contributed by atoms with van der Waals surface area (Å²) in [6.07, 6.45) is -0.849. The van der Waals surface area contributed by atoms with Gasteiger partial charge in [-0.1, -0.05) is 12.8 Å². The van der Waals surface area contributed by atoms with Gasteiger partial charge in [0.25, 0.3) is 0 Å². The lowest BCUT2D eigenvalue weighted by atomic mass is 10.1. The van der Waals surface area contributed by atoms with Crippen LogP contribution in [0.3, 0.4) is 0 Å². The van der Waals surface area contributed by atoms with Gasteiger partial charge in [-0.3, -0.25) is 9.59 Å². The van der Waals surface area contributed by atoms with E-state index in [1.807, 2.05) is 0 Å². The van der Waals surface area contributed by atoms with Gasteiger partial charge in [-0.25, -0.2) is 0 Å². The van der Waals surface area contributed by atoms with Gasteiger partial charge in [0, 0.05) is 0 Å². The van der Waals surface area contributed by atoms with E-state index < -0.39 is 18.1 Å². The van der Waals surface area contributed by atoms with Crippen LogP contribution in [0.15, 0.2) is 0 Å². The summed E-state index contributed by atoms with van der Waals surface area (Å²) >= 11 is 0. The molecule has 0 atom stereocenters. The largest absolute Gasteiger partial charge is 0.481 e. The van der Waals surface area contributed by atoms with Crippen LogP contribution in [-0.4, -0.2) is 23.2 Å². The number of hydrogen-bond acceptors (Lipinski definition) is 2. The van der Waals surface area contributed by atoms with Crippen molar-refractivity contribution in [2.45, 2.75) is 31.9 Å². The van der Waals surface area contributed by atoms with Crippen molar-refractivity contribution in [3.63, 3.8) is 0 Å². The van der Waals surface area contributed by atoms with E-state index in [0.29, 0.717) is 0 Å². The Bertz CT molecular complexity index is 234. The summed E-state index contributed by atoms with van der Waals surface area (Å²) in [7, 11) is 0. The van der Waals surface area contributed by atoms with Gasteiger partial charge in [0.1, 0.15) is 0 Å². The molecule has 0 aromatic heterocycles. The van der Waals surface area contributed by atoms with Crippen molar-refractivity contribution in [3.05, 3.63) is 0 Å². The van der Waals surface area contributed by atoms with Crippen LogP contribution in [-0.2, 0) is 9.59 Å². The van der Waals surface area contributed by atoms with Crippen LogP contribution in [0.4, 0.5) is 13.2 Å². The zero-order chi connectivity index (χ0) is 12.1. The molecule has 4 nitrogen and oxygen atoms in total. The summed E-state index contributed by atoms with van der Waals surface area (Å²) in [4.78, 5) is 19.3. The maximum Gasteiger partial charge on any atom is 0.470 e. The molecule has 0 aromatic carbocycles. The highest BCUT2D eigenvalue weighted by Gasteiger charge is 2.35. The maximum atomic E-state index is 10.7. The average molecular weight is 227 g/mol. The number of amides is 1. The molecule has 0 spiro atoms. The lowest BCUT2D eigenvalue weighted by Crippen LogP contribution is -2.30. The van der Waals surface area contributed by atoms with Crippen molar-refractivity contribution < 1.29 is 27.9 Å². The number of carboxylic acids is 1. The Morgan fingerprint density at radius 1 is 1.20 bits per heavy atom. The molecule has 1 saturated carbocycles. The van der Waals surface area contributed by atoms with Crippen LogP contribution in [0.1, 0.15) is 25.7 Å². The third-order valence-corrected chi connectivity index (χ3v) is 1.98. The van der Waals surface area contributed by atoms with Crippen molar-refractivity contribution in [1.82, 2.24) is 0 Å². The van der Waals surface area contributed by atoms with Gasteiger partial charge >= 0.3 is 18.1 Å². The normalized spacial score (nSPS) is 16.7. The highest BCUT2D eigenvalue weighted by molar-refractivity contribution is 5.79. The fourth-order valence-electron chi connectivity index (χ4n) is 1.17. The molecule has 7 heteroatoms. The first kappa shape index (κ1) is 13.7. The van der Waals surface area contributed by atoms with E-state index >= 15 is 0 Å². The number of aliphatic carboxylic acids is 1. The van der Waals surface area contributed by atoms with E-state index in [2.05, 4.69) is 5.73 Å². The fraction of sp³-hybridized carbons (Fsp3) is 0.750. The predicted molar refractivity (Wildman–Crippen MR) is 44.8 cm³/mol. The maximum absolute atomic E-state index is 10.7. The second-order valence-corrected chi connectivity index (χ2v) is 3.18. The summed E-state index contributed by atoms with van der Waals surface area (Å²) in [6, 6.07) is 0. The number of carbonyl (C=O) groups is 2. The fourth-order valence-corrected chi connectivity index (χ4v) is 1.17. The van der Waals surface area contributed by atoms with Crippen LogP contribution in [0.25, 0.3) is 0 Å². The van der Waals surface area contributed by atoms with Gasteiger partial charge in [0.05, 0.1) is 5.92 Å². The van der Waals surface area contributed by atoms with Crippen LogP contribution in [0.5, 0.6) is 0 Å². The molecule has 0 aromatic rings. The first-order valence-corrected chi connectivity index (χ1v) is 4.34. The molecule has 0 heterocycles. The van der Waals surface area contributed by atoms with E-state index in [-0.39, 0.29) is 5.92 Å².